The Balaban J connectivity index is 2.06. The Morgan fingerprint density at radius 3 is 1.45 bits per heavy atom. The first-order valence-electron chi connectivity index (χ1n) is 9.96. The van der Waals surface area contributed by atoms with E-state index < -0.39 is 98.9 Å². The highest BCUT2D eigenvalue weighted by molar-refractivity contribution is 7.18. The number of nitrogens with zero attached hydrogens (tertiary/aromatic N) is 6. The summed E-state index contributed by atoms with van der Waals surface area (Å²) in [6.45, 7) is 7.08. The van der Waals surface area contributed by atoms with Gasteiger partial charge in [0.15, 0.2) is 40.5 Å². The van der Waals surface area contributed by atoms with Crippen LogP contribution in [-0.2, 0) is 0 Å². The zero-order valence-electron chi connectivity index (χ0n) is 17.8. The largest absolute Gasteiger partial charge is 0.296 e. The predicted octanol–water partition coefficient (Wildman–Crippen LogP) is 5.39. The Morgan fingerprint density at radius 2 is 1.03 bits per heavy atom. The van der Waals surface area contributed by atoms with Gasteiger partial charge in [0.2, 0.25) is 0 Å². The second kappa shape index (κ2) is 7.74. The normalized spacial score (nSPS) is 12.3. The molecule has 4 aromatic carbocycles. The van der Waals surface area contributed by atoms with Crippen LogP contribution < -0.4 is 9.33 Å². The maximum Gasteiger partial charge on any atom is 0.296 e. The molecule has 180 valence electrons. The summed E-state index contributed by atoms with van der Waals surface area (Å²) in [5.41, 5.74) is -2.68. The summed E-state index contributed by atoms with van der Waals surface area (Å²) in [5.74, 6) is -10.1. The summed E-state index contributed by atoms with van der Waals surface area (Å²) in [7, 11) is 0. The van der Waals surface area contributed by atoms with Crippen molar-refractivity contribution in [3.8, 4) is 18.2 Å². The highest BCUT2D eigenvalue weighted by Crippen LogP contribution is 2.48. The van der Waals surface area contributed by atoms with Gasteiger partial charge in [-0.2, -0.15) is 10.5 Å². The molecule has 0 aliphatic carbocycles. The molecular formula is C24F6N6S2. The summed E-state index contributed by atoms with van der Waals surface area (Å²) in [6.07, 6.45) is 0. The van der Waals surface area contributed by atoms with Crippen LogP contribution in [0.2, 0.25) is 0 Å². The first-order chi connectivity index (χ1) is 18.2. The topological polar surface area (TPSA) is 102 Å². The number of benzene rings is 4. The molecule has 0 saturated carbocycles. The lowest BCUT2D eigenvalue weighted by Gasteiger charge is -2.16. The van der Waals surface area contributed by atoms with E-state index in [1.807, 2.05) is 0 Å². The molecule has 0 aliphatic heterocycles. The lowest BCUT2D eigenvalue weighted by Crippen LogP contribution is -2.03. The van der Waals surface area contributed by atoms with Crippen LogP contribution in [0.1, 0.15) is 0 Å². The number of thiazole rings is 2. The fourth-order valence-corrected chi connectivity index (χ4v) is 6.52. The smallest absolute Gasteiger partial charge is 0.244 e. The molecule has 6 aromatic rings. The van der Waals surface area contributed by atoms with Gasteiger partial charge >= 0.3 is 0 Å². The van der Waals surface area contributed by atoms with E-state index >= 15 is 26.3 Å². The third-order valence-electron chi connectivity index (χ3n) is 5.93. The van der Waals surface area contributed by atoms with Crippen LogP contribution >= 0.6 is 22.7 Å². The van der Waals surface area contributed by atoms with Crippen LogP contribution in [0.25, 0.3) is 68.9 Å². The number of aromatic nitrogens is 2. The molecule has 0 amide bonds. The van der Waals surface area contributed by atoms with Gasteiger partial charge in [0, 0.05) is 21.5 Å². The van der Waals surface area contributed by atoms with Gasteiger partial charge in [-0.15, -0.1) is 22.7 Å². The highest BCUT2D eigenvalue weighted by atomic mass is 32.1. The van der Waals surface area contributed by atoms with Crippen molar-refractivity contribution in [1.82, 2.24) is 9.97 Å². The van der Waals surface area contributed by atoms with Gasteiger partial charge in [-0.25, -0.2) is 46.4 Å². The Morgan fingerprint density at radius 1 is 0.605 bits per heavy atom. The molecule has 38 heavy (non-hydrogen) atoms. The molecule has 0 N–H and O–H groups in total. The number of nitriles is 3. The van der Waals surface area contributed by atoms with Gasteiger partial charge in [-0.3, -0.25) is 0 Å². The molecule has 0 unspecified atom stereocenters. The predicted molar refractivity (Wildman–Crippen MR) is 126 cm³/mol. The zero-order valence-corrected chi connectivity index (χ0v) is 19.4. The van der Waals surface area contributed by atoms with Crippen molar-refractivity contribution in [2.75, 3.05) is 0 Å². The molecule has 0 atom stereocenters. The fraction of sp³-hybridized carbons (Fsp3) is 0. The van der Waals surface area contributed by atoms with Crippen molar-refractivity contribution < 1.29 is 26.3 Å². The van der Waals surface area contributed by atoms with Gasteiger partial charge in [-0.1, -0.05) is 0 Å². The van der Waals surface area contributed by atoms with E-state index in [1.54, 1.807) is 0 Å². The average Bonchev–Trinajstić information content (AvgIpc) is 3.53. The SMILES string of the molecule is [C-]#[N+]/C(C#N)=c1\nc2c(F)c3c(F)c(F)c4c5sc(=C(C#N)C#N)nc5c(F)c5c(F)c(F)c(c2s1)c3c54. The fourth-order valence-electron chi connectivity index (χ4n) is 4.43. The third kappa shape index (κ3) is 2.63. The maximum atomic E-state index is 15.7. The summed E-state index contributed by atoms with van der Waals surface area (Å²) < 4.78 is 91.9. The van der Waals surface area contributed by atoms with Crippen molar-refractivity contribution in [3.63, 3.8) is 0 Å². The molecule has 0 saturated heterocycles. The van der Waals surface area contributed by atoms with Crippen molar-refractivity contribution in [2.45, 2.75) is 0 Å². The minimum atomic E-state index is -1.81. The number of rotatable bonds is 0. The third-order valence-corrected chi connectivity index (χ3v) is 8.10. The minimum Gasteiger partial charge on any atom is -0.244 e. The van der Waals surface area contributed by atoms with Gasteiger partial charge in [0.1, 0.15) is 32.5 Å². The van der Waals surface area contributed by atoms with E-state index in [1.165, 1.54) is 18.2 Å². The molecular weight excluding hydrogens is 550 g/mol. The van der Waals surface area contributed by atoms with Crippen molar-refractivity contribution in [3.05, 3.63) is 55.6 Å². The van der Waals surface area contributed by atoms with E-state index in [2.05, 4.69) is 14.8 Å². The molecule has 0 radical (unpaired) electrons. The van der Waals surface area contributed by atoms with Crippen molar-refractivity contribution in [2.24, 2.45) is 0 Å². The molecule has 0 fully saturated rings. The summed E-state index contributed by atoms with van der Waals surface area (Å²) in [6, 6.07) is 4.58. The first-order valence-corrected chi connectivity index (χ1v) is 11.6. The second-order valence-corrected chi connectivity index (χ2v) is 9.70. The van der Waals surface area contributed by atoms with Crippen LogP contribution in [0.15, 0.2) is 0 Å². The zero-order chi connectivity index (χ0) is 27.2. The standard InChI is InChI=1S/C24F6N6S2/c1-34-6(4-33)24-36-20-18(30)10-8-7-9(13(25)16(28)12(8)22(20)38-24)17(29)19-21(11(7)15(27)14(10)26)37-23(35-19)5(2-31)3-32/b24-6+. The monoisotopic (exact) mass is 550 g/mol. The van der Waals surface area contributed by atoms with Gasteiger partial charge in [0.25, 0.3) is 5.70 Å². The molecule has 0 aliphatic rings. The van der Waals surface area contributed by atoms with Gasteiger partial charge in [-0.05, 0) is 0 Å². The van der Waals surface area contributed by atoms with Crippen LogP contribution in [-0.4, -0.2) is 9.97 Å². The number of fused-ring (bicyclic) bond motifs is 4. The summed E-state index contributed by atoms with van der Waals surface area (Å²) >= 11 is 0.894. The number of hydrogen-bond donors (Lipinski definition) is 0. The Kier molecular flexibility index (Phi) is 4.76. The number of hydrogen-bond acceptors (Lipinski definition) is 7. The van der Waals surface area contributed by atoms with Crippen LogP contribution in [0.4, 0.5) is 26.3 Å². The van der Waals surface area contributed by atoms with E-state index in [0.29, 0.717) is 22.7 Å². The summed E-state index contributed by atoms with van der Waals surface area (Å²) in [5, 5.41) is 22.3. The lowest BCUT2D eigenvalue weighted by atomic mass is 9.91. The van der Waals surface area contributed by atoms with Crippen LogP contribution in [0.5, 0.6) is 0 Å². The van der Waals surface area contributed by atoms with E-state index in [4.69, 9.17) is 22.4 Å². The molecule has 2 aromatic heterocycles. The van der Waals surface area contributed by atoms with Crippen LogP contribution in [0, 0.1) is 75.5 Å². The Hall–Kier alpha value is -5.02. The molecule has 6 rings (SSSR count). The van der Waals surface area contributed by atoms with E-state index in [9.17, 15) is 0 Å². The van der Waals surface area contributed by atoms with Crippen molar-refractivity contribution in [1.29, 1.82) is 15.8 Å². The maximum absolute atomic E-state index is 15.7. The van der Waals surface area contributed by atoms with Crippen LogP contribution in [0.3, 0.4) is 0 Å². The number of halogens is 6. The quantitative estimate of drug-likeness (QED) is 0.144. The van der Waals surface area contributed by atoms with Gasteiger partial charge in [0.05, 0.1) is 32.8 Å². The summed E-state index contributed by atoms with van der Waals surface area (Å²) in [4.78, 5) is 10.5. The molecule has 0 bridgehead atoms. The van der Waals surface area contributed by atoms with E-state index in [0.717, 1.165) is 0 Å². The highest BCUT2D eigenvalue weighted by Gasteiger charge is 2.33. The molecule has 6 nitrogen and oxygen atoms in total. The van der Waals surface area contributed by atoms with Gasteiger partial charge < -0.3 is 0 Å². The molecule has 14 heteroatoms. The van der Waals surface area contributed by atoms with Crippen molar-refractivity contribution >= 4 is 86.7 Å². The minimum absolute atomic E-state index is 0.371. The Labute approximate surface area is 212 Å². The average molecular weight is 550 g/mol. The molecule has 0 spiro atoms. The second-order valence-electron chi connectivity index (χ2n) is 7.70. The lowest BCUT2D eigenvalue weighted by molar-refractivity contribution is 0.516. The molecule has 2 heterocycles. The Bertz CT molecular complexity index is 2210. The van der Waals surface area contributed by atoms with E-state index in [-0.39, 0.29) is 9.33 Å². The first kappa shape index (κ1) is 23.4.